The van der Waals surface area contributed by atoms with Crippen LogP contribution < -0.4 is 5.32 Å². The van der Waals surface area contributed by atoms with Crippen LogP contribution >= 0.6 is 0 Å². The number of rotatable bonds is 5. The van der Waals surface area contributed by atoms with Crippen LogP contribution in [0.4, 0.5) is 5.69 Å². The van der Waals surface area contributed by atoms with Crippen molar-refractivity contribution in [1.29, 1.82) is 5.26 Å². The second-order valence-corrected chi connectivity index (χ2v) is 5.49. The number of carbonyl (C=O) groups excluding carboxylic acids is 2. The number of likely N-dealkylation sites (N-methyl/N-ethyl adjacent to an activating group) is 1. The number of carbonyl (C=O) groups is 2. The predicted octanol–water partition coefficient (Wildman–Crippen LogP) is 1.63. The van der Waals surface area contributed by atoms with E-state index in [2.05, 4.69) is 10.4 Å². The molecule has 0 aliphatic carbocycles. The van der Waals surface area contributed by atoms with Crippen molar-refractivity contribution in [1.82, 2.24) is 14.7 Å². The van der Waals surface area contributed by atoms with Gasteiger partial charge < -0.3 is 10.2 Å². The molecule has 1 N–H and O–H groups in total. The maximum Gasteiger partial charge on any atom is 0.313 e. The Hall–Kier alpha value is -3.14. The molecule has 124 valence electrons. The Kier molecular flexibility index (Phi) is 5.68. The Morgan fingerprint density at radius 2 is 2.08 bits per heavy atom. The van der Waals surface area contributed by atoms with Crippen LogP contribution in [0.2, 0.25) is 0 Å². The van der Waals surface area contributed by atoms with E-state index >= 15 is 0 Å². The number of hydrogen-bond acceptors (Lipinski definition) is 4. The van der Waals surface area contributed by atoms with Crippen LogP contribution in [0.25, 0.3) is 0 Å². The van der Waals surface area contributed by atoms with Crippen LogP contribution in [0.1, 0.15) is 18.9 Å². The molecule has 0 spiro atoms. The fraction of sp³-hybridized carbons (Fsp3) is 0.294. The number of aromatic nitrogens is 2. The van der Waals surface area contributed by atoms with E-state index in [1.54, 1.807) is 17.8 Å². The average Bonchev–Trinajstić information content (AvgIpc) is 3.01. The van der Waals surface area contributed by atoms with Crippen LogP contribution in [-0.2, 0) is 16.1 Å². The van der Waals surface area contributed by atoms with Crippen molar-refractivity contribution in [3.05, 3.63) is 48.3 Å². The molecule has 0 saturated heterocycles. The van der Waals surface area contributed by atoms with Gasteiger partial charge in [-0.1, -0.05) is 30.3 Å². The molecule has 2 amide bonds. The van der Waals surface area contributed by atoms with Gasteiger partial charge in [0.25, 0.3) is 0 Å². The molecule has 24 heavy (non-hydrogen) atoms. The van der Waals surface area contributed by atoms with Crippen LogP contribution in [0.5, 0.6) is 0 Å². The highest BCUT2D eigenvalue weighted by atomic mass is 16.2. The predicted molar refractivity (Wildman–Crippen MR) is 88.9 cm³/mol. The lowest BCUT2D eigenvalue weighted by atomic mass is 10.2. The standard InChI is InChI=1S/C17H19N5O2/c1-13(8-9-18)21(2)17(24)16(23)20-15-10-19-22(12-15)11-14-6-4-3-5-7-14/h3-7,10,12-13H,8,11H2,1-2H3,(H,20,23)/t13-/m0/s1. The first-order chi connectivity index (χ1) is 11.5. The molecule has 0 saturated carbocycles. The lowest BCUT2D eigenvalue weighted by Gasteiger charge is -2.21. The number of anilines is 1. The molecule has 0 unspecified atom stereocenters. The number of benzene rings is 1. The molecule has 1 heterocycles. The van der Waals surface area contributed by atoms with E-state index in [1.165, 1.54) is 18.1 Å². The van der Waals surface area contributed by atoms with Crippen molar-refractivity contribution in [2.45, 2.75) is 25.9 Å². The molecule has 2 aromatic rings. The van der Waals surface area contributed by atoms with Gasteiger partial charge in [-0.2, -0.15) is 10.4 Å². The largest absolute Gasteiger partial charge is 0.334 e. The van der Waals surface area contributed by atoms with E-state index in [0.29, 0.717) is 12.2 Å². The van der Waals surface area contributed by atoms with Gasteiger partial charge in [-0.3, -0.25) is 14.3 Å². The molecule has 7 nitrogen and oxygen atoms in total. The van der Waals surface area contributed by atoms with E-state index in [9.17, 15) is 9.59 Å². The maximum absolute atomic E-state index is 12.0. The first kappa shape index (κ1) is 17.2. The lowest BCUT2D eigenvalue weighted by Crippen LogP contribution is -2.41. The van der Waals surface area contributed by atoms with Gasteiger partial charge in [0.2, 0.25) is 0 Å². The van der Waals surface area contributed by atoms with Crippen LogP contribution in [0.15, 0.2) is 42.7 Å². The molecule has 1 atom stereocenters. The first-order valence-electron chi connectivity index (χ1n) is 7.52. The van der Waals surface area contributed by atoms with Gasteiger partial charge in [-0.05, 0) is 12.5 Å². The number of hydrogen-bond donors (Lipinski definition) is 1. The fourth-order valence-electron chi connectivity index (χ4n) is 2.10. The number of amides is 2. The number of nitrogens with zero attached hydrogens (tertiary/aromatic N) is 4. The molecule has 0 aliphatic heterocycles. The minimum atomic E-state index is -0.749. The van der Waals surface area contributed by atoms with Gasteiger partial charge in [0, 0.05) is 19.3 Å². The molecule has 0 radical (unpaired) electrons. The van der Waals surface area contributed by atoms with E-state index in [4.69, 9.17) is 5.26 Å². The SMILES string of the molecule is C[C@@H](CC#N)N(C)C(=O)C(=O)Nc1cnn(Cc2ccccc2)c1. The molecular weight excluding hydrogens is 306 g/mol. The summed E-state index contributed by atoms with van der Waals surface area (Å²) in [6.45, 7) is 2.29. The van der Waals surface area contributed by atoms with E-state index < -0.39 is 11.8 Å². The zero-order valence-electron chi connectivity index (χ0n) is 13.6. The van der Waals surface area contributed by atoms with Crippen molar-refractivity contribution in [3.8, 4) is 6.07 Å². The fourth-order valence-corrected chi connectivity index (χ4v) is 2.10. The number of nitrogens with one attached hydrogen (secondary N) is 1. The summed E-state index contributed by atoms with van der Waals surface area (Å²) in [6.07, 6.45) is 3.33. The van der Waals surface area contributed by atoms with Crippen molar-refractivity contribution in [3.63, 3.8) is 0 Å². The summed E-state index contributed by atoms with van der Waals surface area (Å²) in [5, 5.41) is 15.4. The van der Waals surface area contributed by atoms with E-state index in [0.717, 1.165) is 5.56 Å². The third kappa shape index (κ3) is 4.43. The smallest absolute Gasteiger partial charge is 0.313 e. The van der Waals surface area contributed by atoms with E-state index in [1.807, 2.05) is 36.4 Å². The van der Waals surface area contributed by atoms with Gasteiger partial charge in [0.15, 0.2) is 0 Å². The third-order valence-electron chi connectivity index (χ3n) is 3.64. The van der Waals surface area contributed by atoms with Crippen molar-refractivity contribution in [2.75, 3.05) is 12.4 Å². The monoisotopic (exact) mass is 325 g/mol. The van der Waals surface area contributed by atoms with Gasteiger partial charge in [0.1, 0.15) is 0 Å². The Balaban J connectivity index is 1.95. The van der Waals surface area contributed by atoms with Crippen molar-refractivity contribution in [2.24, 2.45) is 0 Å². The van der Waals surface area contributed by atoms with Gasteiger partial charge in [-0.25, -0.2) is 0 Å². The molecule has 0 fully saturated rings. The topological polar surface area (TPSA) is 91.0 Å². The zero-order chi connectivity index (χ0) is 17.5. The normalized spacial score (nSPS) is 11.4. The second kappa shape index (κ2) is 7.92. The Morgan fingerprint density at radius 3 is 2.75 bits per heavy atom. The van der Waals surface area contributed by atoms with Crippen LogP contribution in [0.3, 0.4) is 0 Å². The minimum Gasteiger partial charge on any atom is -0.334 e. The van der Waals surface area contributed by atoms with Crippen LogP contribution in [0, 0.1) is 11.3 Å². The molecule has 7 heteroatoms. The summed E-state index contributed by atoms with van der Waals surface area (Å²) in [6, 6.07) is 11.4. The number of nitriles is 1. The Labute approximate surface area is 140 Å². The highest BCUT2D eigenvalue weighted by molar-refractivity contribution is 6.39. The Morgan fingerprint density at radius 1 is 1.38 bits per heavy atom. The maximum atomic E-state index is 12.0. The first-order valence-corrected chi connectivity index (χ1v) is 7.52. The molecule has 1 aromatic carbocycles. The molecule has 0 bridgehead atoms. The molecule has 1 aromatic heterocycles. The van der Waals surface area contributed by atoms with Crippen LogP contribution in [-0.4, -0.2) is 39.6 Å². The highest BCUT2D eigenvalue weighted by Gasteiger charge is 2.23. The highest BCUT2D eigenvalue weighted by Crippen LogP contribution is 2.09. The van der Waals surface area contributed by atoms with Crippen molar-refractivity contribution < 1.29 is 9.59 Å². The molecular formula is C17H19N5O2. The molecule has 0 aliphatic rings. The van der Waals surface area contributed by atoms with Gasteiger partial charge >= 0.3 is 11.8 Å². The van der Waals surface area contributed by atoms with Crippen molar-refractivity contribution >= 4 is 17.5 Å². The lowest BCUT2D eigenvalue weighted by molar-refractivity contribution is -0.143. The molecule has 2 rings (SSSR count). The van der Waals surface area contributed by atoms with Gasteiger partial charge in [0.05, 0.1) is 30.9 Å². The summed E-state index contributed by atoms with van der Waals surface area (Å²) in [5.74, 6) is -1.44. The summed E-state index contributed by atoms with van der Waals surface area (Å²) in [5.41, 5.74) is 1.53. The zero-order valence-corrected chi connectivity index (χ0v) is 13.6. The summed E-state index contributed by atoms with van der Waals surface area (Å²) >= 11 is 0. The summed E-state index contributed by atoms with van der Waals surface area (Å²) < 4.78 is 1.68. The van der Waals surface area contributed by atoms with E-state index in [-0.39, 0.29) is 12.5 Å². The second-order valence-electron chi connectivity index (χ2n) is 5.49. The minimum absolute atomic E-state index is 0.171. The summed E-state index contributed by atoms with van der Waals surface area (Å²) in [4.78, 5) is 25.3. The van der Waals surface area contributed by atoms with Gasteiger partial charge in [-0.15, -0.1) is 0 Å². The summed E-state index contributed by atoms with van der Waals surface area (Å²) in [7, 11) is 1.50. The average molecular weight is 325 g/mol. The third-order valence-corrected chi connectivity index (χ3v) is 3.64. The quantitative estimate of drug-likeness (QED) is 0.846. The Bertz CT molecular complexity index is 748.